The second-order valence-electron chi connectivity index (χ2n) is 7.81. The van der Waals surface area contributed by atoms with Crippen LogP contribution in [0.15, 0.2) is 70.5 Å². The first-order valence-corrected chi connectivity index (χ1v) is 11.1. The van der Waals surface area contributed by atoms with Gasteiger partial charge in [-0.25, -0.2) is 4.98 Å². The normalized spacial score (nSPS) is 16.2. The standard InChI is InChI=1S/C25H20N2O5S/c1-13-11-14(2)20-18(12-13)33-25(26-20)27-21(15-7-4-5-8-16(15)31-3)19(23(29)24(27)30)22(28)17-9-6-10-32-17/h4-12,21,29H,1-3H3/t21-/m0/s1. The number of aryl methyl sites for hydroxylation is 2. The van der Waals surface area contributed by atoms with E-state index in [0.717, 1.165) is 21.3 Å². The van der Waals surface area contributed by atoms with Crippen molar-refractivity contribution in [2.45, 2.75) is 19.9 Å². The Hall–Kier alpha value is -3.91. The number of hydrogen-bond acceptors (Lipinski definition) is 7. The van der Waals surface area contributed by atoms with Crippen LogP contribution in [0.1, 0.15) is 33.3 Å². The van der Waals surface area contributed by atoms with E-state index in [1.165, 1.54) is 35.7 Å². The molecule has 0 spiro atoms. The number of fused-ring (bicyclic) bond motifs is 1. The number of anilines is 1. The third-order valence-corrected chi connectivity index (χ3v) is 6.66. The Kier molecular flexibility index (Phi) is 5.02. The van der Waals surface area contributed by atoms with Crippen molar-refractivity contribution >= 4 is 38.4 Å². The molecule has 0 aliphatic carbocycles. The Labute approximate surface area is 193 Å². The van der Waals surface area contributed by atoms with Crippen LogP contribution in [0.5, 0.6) is 5.75 Å². The molecule has 5 rings (SSSR count). The average molecular weight is 461 g/mol. The fraction of sp³-hybridized carbons (Fsp3) is 0.160. The van der Waals surface area contributed by atoms with Crippen molar-refractivity contribution in [3.63, 3.8) is 0 Å². The van der Waals surface area contributed by atoms with Crippen molar-refractivity contribution in [1.29, 1.82) is 0 Å². The van der Waals surface area contributed by atoms with Gasteiger partial charge in [-0.2, -0.15) is 0 Å². The van der Waals surface area contributed by atoms with E-state index in [0.29, 0.717) is 16.4 Å². The van der Waals surface area contributed by atoms with Gasteiger partial charge in [0.2, 0.25) is 5.78 Å². The Morgan fingerprint density at radius 2 is 1.97 bits per heavy atom. The summed E-state index contributed by atoms with van der Waals surface area (Å²) < 4.78 is 11.7. The quantitative estimate of drug-likeness (QED) is 0.407. The molecule has 0 saturated carbocycles. The number of furan rings is 1. The third kappa shape index (κ3) is 3.30. The summed E-state index contributed by atoms with van der Waals surface area (Å²) in [7, 11) is 1.52. The van der Waals surface area contributed by atoms with E-state index in [2.05, 4.69) is 0 Å². The number of para-hydroxylation sites is 1. The maximum absolute atomic E-state index is 13.4. The molecular formula is C25H20N2O5S. The minimum absolute atomic E-state index is 0.0295. The number of hydrogen-bond donors (Lipinski definition) is 1. The summed E-state index contributed by atoms with van der Waals surface area (Å²) in [6.07, 6.45) is 1.37. The molecule has 1 atom stereocenters. The van der Waals surface area contributed by atoms with Crippen molar-refractivity contribution < 1.29 is 23.8 Å². The predicted molar refractivity (Wildman–Crippen MR) is 125 cm³/mol. The summed E-state index contributed by atoms with van der Waals surface area (Å²) in [6.45, 7) is 3.96. The third-order valence-electron chi connectivity index (χ3n) is 5.66. The summed E-state index contributed by atoms with van der Waals surface area (Å²) in [5.74, 6) is -1.39. The fourth-order valence-corrected chi connectivity index (χ4v) is 5.39. The number of aliphatic hydroxyl groups excluding tert-OH is 1. The molecule has 1 aliphatic rings. The van der Waals surface area contributed by atoms with Gasteiger partial charge in [-0.1, -0.05) is 35.6 Å². The Morgan fingerprint density at radius 1 is 1.18 bits per heavy atom. The van der Waals surface area contributed by atoms with Crippen LogP contribution in [0.3, 0.4) is 0 Å². The van der Waals surface area contributed by atoms with Gasteiger partial charge in [0.1, 0.15) is 11.8 Å². The average Bonchev–Trinajstić information content (AvgIpc) is 3.52. The number of aliphatic hydroxyl groups is 1. The predicted octanol–water partition coefficient (Wildman–Crippen LogP) is 5.30. The molecule has 1 aliphatic heterocycles. The number of nitrogens with zero attached hydrogens (tertiary/aromatic N) is 2. The highest BCUT2D eigenvalue weighted by molar-refractivity contribution is 7.22. The number of Topliss-reactive ketones (excluding diaryl/α,β-unsaturated/α-hetero) is 1. The number of ketones is 1. The minimum atomic E-state index is -0.937. The van der Waals surface area contributed by atoms with Gasteiger partial charge in [-0.3, -0.25) is 14.5 Å². The molecule has 0 fully saturated rings. The molecule has 33 heavy (non-hydrogen) atoms. The first kappa shape index (κ1) is 21.0. The molecular weight excluding hydrogens is 440 g/mol. The van der Waals surface area contributed by atoms with Gasteiger partial charge in [0.15, 0.2) is 16.7 Å². The lowest BCUT2D eigenvalue weighted by Gasteiger charge is -2.25. The number of aromatic nitrogens is 1. The molecule has 166 valence electrons. The summed E-state index contributed by atoms with van der Waals surface area (Å²) in [6, 6.07) is 13.3. The van der Waals surface area contributed by atoms with Gasteiger partial charge in [-0.15, -0.1) is 0 Å². The topological polar surface area (TPSA) is 92.9 Å². The monoisotopic (exact) mass is 460 g/mol. The lowest BCUT2D eigenvalue weighted by Crippen LogP contribution is -2.31. The van der Waals surface area contributed by atoms with E-state index < -0.39 is 23.5 Å². The van der Waals surface area contributed by atoms with Gasteiger partial charge in [-0.05, 0) is 49.2 Å². The van der Waals surface area contributed by atoms with Crippen LogP contribution in [0.2, 0.25) is 0 Å². The Morgan fingerprint density at radius 3 is 2.70 bits per heavy atom. The van der Waals surface area contributed by atoms with Crippen molar-refractivity contribution in [3.8, 4) is 5.75 Å². The van der Waals surface area contributed by atoms with Crippen molar-refractivity contribution in [1.82, 2.24) is 4.98 Å². The van der Waals surface area contributed by atoms with Gasteiger partial charge in [0.05, 0.1) is 29.2 Å². The van der Waals surface area contributed by atoms with Crippen LogP contribution >= 0.6 is 11.3 Å². The smallest absolute Gasteiger partial charge is 0.296 e. The highest BCUT2D eigenvalue weighted by atomic mass is 32.1. The minimum Gasteiger partial charge on any atom is -0.503 e. The van der Waals surface area contributed by atoms with Crippen LogP contribution in [-0.4, -0.2) is 28.9 Å². The molecule has 2 aromatic carbocycles. The summed E-state index contributed by atoms with van der Waals surface area (Å²) in [5, 5.41) is 11.3. The maximum Gasteiger partial charge on any atom is 0.296 e. The van der Waals surface area contributed by atoms with Gasteiger partial charge in [0, 0.05) is 5.56 Å². The van der Waals surface area contributed by atoms with E-state index in [1.54, 1.807) is 30.3 Å². The SMILES string of the molecule is COc1ccccc1[C@H]1C(C(=O)c2ccco2)=C(O)C(=O)N1c1nc2c(C)cc(C)cc2s1. The molecule has 0 radical (unpaired) electrons. The van der Waals surface area contributed by atoms with E-state index >= 15 is 0 Å². The number of benzene rings is 2. The Balaban J connectivity index is 1.73. The van der Waals surface area contributed by atoms with E-state index in [4.69, 9.17) is 14.1 Å². The van der Waals surface area contributed by atoms with Gasteiger partial charge in [0.25, 0.3) is 5.91 Å². The van der Waals surface area contributed by atoms with Crippen LogP contribution in [0, 0.1) is 13.8 Å². The molecule has 4 aromatic rings. The highest BCUT2D eigenvalue weighted by Gasteiger charge is 2.47. The van der Waals surface area contributed by atoms with Gasteiger partial charge < -0.3 is 14.3 Å². The molecule has 2 aromatic heterocycles. The molecule has 0 bridgehead atoms. The first-order valence-electron chi connectivity index (χ1n) is 10.3. The molecule has 1 N–H and O–H groups in total. The fourth-order valence-electron chi connectivity index (χ4n) is 4.22. The van der Waals surface area contributed by atoms with Crippen molar-refractivity contribution in [2.75, 3.05) is 12.0 Å². The number of carbonyl (C=O) groups is 2. The number of rotatable bonds is 5. The van der Waals surface area contributed by atoms with E-state index in [1.807, 2.05) is 26.0 Å². The first-order chi connectivity index (χ1) is 15.9. The molecule has 1 amide bonds. The van der Waals surface area contributed by atoms with Gasteiger partial charge >= 0.3 is 0 Å². The van der Waals surface area contributed by atoms with E-state index in [9.17, 15) is 14.7 Å². The number of amides is 1. The van der Waals surface area contributed by atoms with E-state index in [-0.39, 0.29) is 11.3 Å². The zero-order valence-corrected chi connectivity index (χ0v) is 19.0. The zero-order valence-electron chi connectivity index (χ0n) is 18.2. The molecule has 7 nitrogen and oxygen atoms in total. The summed E-state index contributed by atoms with van der Waals surface area (Å²) >= 11 is 1.33. The van der Waals surface area contributed by atoms with Crippen LogP contribution in [-0.2, 0) is 4.79 Å². The molecule has 3 heterocycles. The number of thiazole rings is 1. The highest BCUT2D eigenvalue weighted by Crippen LogP contribution is 2.46. The summed E-state index contributed by atoms with van der Waals surface area (Å²) in [5.41, 5.74) is 3.32. The van der Waals surface area contributed by atoms with Crippen LogP contribution < -0.4 is 9.64 Å². The number of methoxy groups -OCH3 is 1. The molecule has 0 saturated heterocycles. The second kappa shape index (κ2) is 7.90. The second-order valence-corrected chi connectivity index (χ2v) is 8.82. The maximum atomic E-state index is 13.4. The van der Waals surface area contributed by atoms with Crippen molar-refractivity contribution in [2.24, 2.45) is 0 Å². The Bertz CT molecular complexity index is 1430. The number of ether oxygens (including phenoxy) is 1. The molecule has 0 unspecified atom stereocenters. The van der Waals surface area contributed by atoms with Crippen LogP contribution in [0.4, 0.5) is 5.13 Å². The summed E-state index contributed by atoms with van der Waals surface area (Å²) in [4.78, 5) is 32.8. The zero-order chi connectivity index (χ0) is 23.3. The number of carbonyl (C=O) groups excluding carboxylic acids is 2. The lowest BCUT2D eigenvalue weighted by atomic mass is 9.94. The van der Waals surface area contributed by atoms with Crippen LogP contribution in [0.25, 0.3) is 10.2 Å². The lowest BCUT2D eigenvalue weighted by molar-refractivity contribution is -0.117. The molecule has 8 heteroatoms. The van der Waals surface area contributed by atoms with Crippen molar-refractivity contribution in [3.05, 3.63) is 88.6 Å². The largest absolute Gasteiger partial charge is 0.503 e.